The van der Waals surface area contributed by atoms with Crippen molar-refractivity contribution in [3.63, 3.8) is 0 Å². The molecule has 0 radical (unpaired) electrons. The Morgan fingerprint density at radius 1 is 1.39 bits per heavy atom. The summed E-state index contributed by atoms with van der Waals surface area (Å²) in [5.41, 5.74) is 1.30. The molecule has 36 heavy (non-hydrogen) atoms. The second-order valence-electron chi connectivity index (χ2n) is 8.35. The van der Waals surface area contributed by atoms with Crippen molar-refractivity contribution in [1.29, 1.82) is 0 Å². The molecular formula is C23H25FN4O7S. The molecule has 4 rings (SSSR count). The van der Waals surface area contributed by atoms with E-state index in [9.17, 15) is 18.6 Å². The maximum atomic E-state index is 15.0. The van der Waals surface area contributed by atoms with Crippen LogP contribution >= 0.6 is 0 Å². The van der Waals surface area contributed by atoms with Gasteiger partial charge in [0.05, 0.1) is 34.3 Å². The van der Waals surface area contributed by atoms with E-state index >= 15 is 4.39 Å². The van der Waals surface area contributed by atoms with Gasteiger partial charge >= 0.3 is 12.1 Å². The van der Waals surface area contributed by atoms with Gasteiger partial charge in [-0.1, -0.05) is 11.2 Å². The summed E-state index contributed by atoms with van der Waals surface area (Å²) in [6.07, 6.45) is 1.11. The van der Waals surface area contributed by atoms with Crippen molar-refractivity contribution in [3.05, 3.63) is 48.0 Å². The van der Waals surface area contributed by atoms with Gasteiger partial charge in [-0.25, -0.2) is 13.4 Å². The highest BCUT2D eigenvalue weighted by atomic mass is 32.2. The van der Waals surface area contributed by atoms with E-state index in [0.29, 0.717) is 29.2 Å². The van der Waals surface area contributed by atoms with Gasteiger partial charge in [-0.15, -0.1) is 0 Å². The van der Waals surface area contributed by atoms with Crippen LogP contribution in [0.25, 0.3) is 5.57 Å². The van der Waals surface area contributed by atoms with E-state index in [-0.39, 0.29) is 24.5 Å². The average molecular weight is 521 g/mol. The van der Waals surface area contributed by atoms with E-state index in [4.69, 9.17) is 14.0 Å². The fourth-order valence-electron chi connectivity index (χ4n) is 3.84. The molecule has 2 amide bonds. The number of esters is 1. The number of hydrogen-bond acceptors (Lipinski definition) is 9. The van der Waals surface area contributed by atoms with Crippen molar-refractivity contribution in [3.8, 4) is 0 Å². The summed E-state index contributed by atoms with van der Waals surface area (Å²) < 4.78 is 46.6. The number of anilines is 2. The zero-order valence-electron chi connectivity index (χ0n) is 19.6. The summed E-state index contributed by atoms with van der Waals surface area (Å²) in [5.74, 6) is -1.39. The molecule has 0 aliphatic carbocycles. The number of aromatic nitrogens is 1. The van der Waals surface area contributed by atoms with Crippen LogP contribution in [0.4, 0.5) is 20.7 Å². The molecule has 2 aliphatic heterocycles. The van der Waals surface area contributed by atoms with E-state index < -0.39 is 45.7 Å². The lowest BCUT2D eigenvalue weighted by Crippen LogP contribution is -2.27. The van der Waals surface area contributed by atoms with E-state index in [1.54, 1.807) is 24.3 Å². The van der Waals surface area contributed by atoms with Gasteiger partial charge in [-0.05, 0) is 37.1 Å². The van der Waals surface area contributed by atoms with Crippen LogP contribution in [0.2, 0.25) is 0 Å². The minimum Gasteiger partial charge on any atom is -0.453 e. The van der Waals surface area contributed by atoms with E-state index in [2.05, 4.69) is 14.8 Å². The van der Waals surface area contributed by atoms with Gasteiger partial charge in [-0.3, -0.25) is 14.5 Å². The molecule has 11 nitrogen and oxygen atoms in total. The van der Waals surface area contributed by atoms with E-state index in [1.165, 1.54) is 31.1 Å². The molecule has 1 saturated heterocycles. The van der Waals surface area contributed by atoms with Crippen molar-refractivity contribution in [2.75, 3.05) is 34.8 Å². The minimum atomic E-state index is -2.88. The number of benzene rings is 1. The van der Waals surface area contributed by atoms with Crippen LogP contribution in [0.5, 0.6) is 0 Å². The van der Waals surface area contributed by atoms with Crippen LogP contribution in [-0.2, 0) is 28.8 Å². The first-order valence-electron chi connectivity index (χ1n) is 11.2. The standard InChI is InChI=1S/C23H25FN4O7S/c1-14(34-15(2)29)22(30)27-36(32)9-6-16(7-10-36)19-4-3-17(11-20(19)24)28-13-18(35-23(28)31)12-25-21-5-8-33-26-21/h3-6,8,11,14,18H,7,9-10,12-13H2,1-2H3,(H,25,26)/t14-,18-,36?/m0/s1. The largest absolute Gasteiger partial charge is 0.453 e. The topological polar surface area (TPSA) is 140 Å². The normalized spacial score (nSPS) is 22.4. The molecule has 1 unspecified atom stereocenters. The molecule has 1 N–H and O–H groups in total. The maximum Gasteiger partial charge on any atom is 0.414 e. The number of nitrogens with one attached hydrogen (secondary N) is 1. The summed E-state index contributed by atoms with van der Waals surface area (Å²) in [7, 11) is -2.88. The second kappa shape index (κ2) is 10.5. The SMILES string of the molecule is CC(=O)O[C@@H](C)C(=O)N=S1(=O)CC=C(c2ccc(N3C[C@H](CNc4ccon4)OC3=O)cc2F)CC1. The van der Waals surface area contributed by atoms with Gasteiger partial charge in [0.2, 0.25) is 0 Å². The third-order valence-electron chi connectivity index (χ3n) is 5.66. The highest BCUT2D eigenvalue weighted by Crippen LogP contribution is 2.30. The van der Waals surface area contributed by atoms with Crippen molar-refractivity contribution in [1.82, 2.24) is 5.16 Å². The lowest BCUT2D eigenvalue weighted by molar-refractivity contribution is -0.151. The Morgan fingerprint density at radius 3 is 2.83 bits per heavy atom. The molecule has 192 valence electrons. The zero-order valence-corrected chi connectivity index (χ0v) is 20.5. The molecule has 0 spiro atoms. The number of allylic oxidation sites excluding steroid dienone is 1. The van der Waals surface area contributed by atoms with Gasteiger partial charge < -0.3 is 19.3 Å². The molecule has 2 aliphatic rings. The highest BCUT2D eigenvalue weighted by molar-refractivity contribution is 7.94. The number of carbonyl (C=O) groups is 3. The first-order valence-corrected chi connectivity index (χ1v) is 13.0. The molecule has 0 saturated carbocycles. The smallest absolute Gasteiger partial charge is 0.414 e. The fourth-order valence-corrected chi connectivity index (χ4v) is 5.65. The fraction of sp³-hybridized carbons (Fsp3) is 0.391. The number of ether oxygens (including phenoxy) is 2. The molecule has 3 heterocycles. The lowest BCUT2D eigenvalue weighted by atomic mass is 10.0. The minimum absolute atomic E-state index is 0.0271. The first-order chi connectivity index (χ1) is 17.1. The molecular weight excluding hydrogens is 495 g/mol. The Bertz CT molecular complexity index is 1320. The molecule has 1 aromatic carbocycles. The predicted molar refractivity (Wildman–Crippen MR) is 128 cm³/mol. The predicted octanol–water partition coefficient (Wildman–Crippen LogP) is 2.98. The summed E-state index contributed by atoms with van der Waals surface area (Å²) in [6.45, 7) is 3.08. The summed E-state index contributed by atoms with van der Waals surface area (Å²) in [5, 5.41) is 6.72. The Morgan fingerprint density at radius 2 is 2.19 bits per heavy atom. The Balaban J connectivity index is 1.41. The van der Waals surface area contributed by atoms with Crippen LogP contribution in [0, 0.1) is 5.82 Å². The second-order valence-corrected chi connectivity index (χ2v) is 10.8. The summed E-state index contributed by atoms with van der Waals surface area (Å²) >= 11 is 0. The molecule has 3 atom stereocenters. The summed E-state index contributed by atoms with van der Waals surface area (Å²) in [4.78, 5) is 36.8. The molecule has 1 fully saturated rings. The zero-order chi connectivity index (χ0) is 25.9. The van der Waals surface area contributed by atoms with Gasteiger partial charge in [0.25, 0.3) is 5.91 Å². The van der Waals surface area contributed by atoms with Gasteiger partial charge in [0, 0.05) is 24.3 Å². The number of nitrogens with zero attached hydrogens (tertiary/aromatic N) is 3. The van der Waals surface area contributed by atoms with Crippen LogP contribution < -0.4 is 10.2 Å². The van der Waals surface area contributed by atoms with Crippen molar-refractivity contribution in [2.45, 2.75) is 32.5 Å². The molecule has 0 bridgehead atoms. The number of cyclic esters (lactones) is 1. The van der Waals surface area contributed by atoms with Crippen LogP contribution in [0.3, 0.4) is 0 Å². The maximum absolute atomic E-state index is 15.0. The lowest BCUT2D eigenvalue weighted by Gasteiger charge is -2.19. The first kappa shape index (κ1) is 25.4. The Labute approximate surface area is 206 Å². The Hall–Kier alpha value is -3.74. The number of carbonyl (C=O) groups excluding carboxylic acids is 3. The van der Waals surface area contributed by atoms with E-state index in [0.717, 1.165) is 0 Å². The molecule has 13 heteroatoms. The third kappa shape index (κ3) is 5.90. The number of rotatable bonds is 7. The van der Waals surface area contributed by atoms with Crippen molar-refractivity contribution in [2.24, 2.45) is 4.36 Å². The quantitative estimate of drug-likeness (QED) is 0.546. The van der Waals surface area contributed by atoms with Gasteiger partial charge in [0.1, 0.15) is 18.2 Å². The molecule has 2 aromatic rings. The summed E-state index contributed by atoms with van der Waals surface area (Å²) in [6, 6.07) is 6.07. The number of hydrogen-bond donors (Lipinski definition) is 1. The number of halogens is 1. The van der Waals surface area contributed by atoms with Crippen LogP contribution in [0.1, 0.15) is 25.8 Å². The number of amides is 2. The van der Waals surface area contributed by atoms with E-state index in [1.807, 2.05) is 0 Å². The monoisotopic (exact) mass is 520 g/mol. The Kier molecular flexibility index (Phi) is 7.38. The van der Waals surface area contributed by atoms with Gasteiger partial charge in [-0.2, -0.15) is 4.36 Å². The van der Waals surface area contributed by atoms with Gasteiger partial charge in [0.15, 0.2) is 11.9 Å². The van der Waals surface area contributed by atoms with Crippen LogP contribution in [-0.4, -0.2) is 64.1 Å². The highest BCUT2D eigenvalue weighted by Gasteiger charge is 2.33. The third-order valence-corrected chi connectivity index (χ3v) is 7.70. The van der Waals surface area contributed by atoms with Crippen molar-refractivity contribution >= 4 is 44.8 Å². The molecule has 1 aromatic heterocycles. The van der Waals surface area contributed by atoms with Crippen molar-refractivity contribution < 1.29 is 37.0 Å². The average Bonchev–Trinajstić information content (AvgIpc) is 3.47. The van der Waals surface area contributed by atoms with Crippen LogP contribution in [0.15, 0.2) is 45.5 Å².